The summed E-state index contributed by atoms with van der Waals surface area (Å²) in [6, 6.07) is 12.0. The molecule has 0 aliphatic carbocycles. The lowest BCUT2D eigenvalue weighted by molar-refractivity contribution is -0.385. The maximum absolute atomic E-state index is 11.1. The van der Waals surface area contributed by atoms with Crippen molar-refractivity contribution in [2.24, 2.45) is 0 Å². The van der Waals surface area contributed by atoms with Crippen molar-refractivity contribution in [2.75, 3.05) is 0 Å². The topological polar surface area (TPSA) is 119 Å². The summed E-state index contributed by atoms with van der Waals surface area (Å²) in [7, 11) is 0. The van der Waals surface area contributed by atoms with Crippen LogP contribution in [0, 0.1) is 17.0 Å². The van der Waals surface area contributed by atoms with Gasteiger partial charge in [0.2, 0.25) is 0 Å². The Bertz CT molecular complexity index is 1160. The molecule has 0 atom stereocenters. The van der Waals surface area contributed by atoms with Crippen molar-refractivity contribution in [2.45, 2.75) is 13.3 Å². The predicted octanol–water partition coefficient (Wildman–Crippen LogP) is 6.35. The minimum atomic E-state index is -0.955. The lowest BCUT2D eigenvalue weighted by Gasteiger charge is -2.14. The standard InChI is InChI=1S/C21H15Br2NO7/c1-11-2-3-13(9-17(11)24(28)29)30-19-10-14(4-5-18(19)25)31-21-15(22)6-12(7-16(21)23)8-20(26)27/h2-7,9-10,25H,8H2,1H3,(H,26,27). The van der Waals surface area contributed by atoms with Crippen LogP contribution in [0.15, 0.2) is 57.5 Å². The van der Waals surface area contributed by atoms with Crippen molar-refractivity contribution in [1.82, 2.24) is 0 Å². The molecule has 3 aromatic rings. The number of carbonyl (C=O) groups is 1. The number of nitrogens with zero attached hydrogens (tertiary/aromatic N) is 1. The average molecular weight is 553 g/mol. The van der Waals surface area contributed by atoms with Gasteiger partial charge in [-0.25, -0.2) is 0 Å². The largest absolute Gasteiger partial charge is 0.504 e. The van der Waals surface area contributed by atoms with Crippen LogP contribution < -0.4 is 9.47 Å². The molecule has 8 nitrogen and oxygen atoms in total. The number of phenols is 1. The Morgan fingerprint density at radius 1 is 1.03 bits per heavy atom. The van der Waals surface area contributed by atoms with E-state index in [1.54, 1.807) is 31.2 Å². The SMILES string of the molecule is Cc1ccc(Oc2cc(Oc3c(Br)cc(CC(=O)O)cc3Br)ccc2O)cc1[N+](=O)[O-]. The van der Waals surface area contributed by atoms with Gasteiger partial charge >= 0.3 is 5.97 Å². The number of rotatable bonds is 7. The number of nitro groups is 1. The fraction of sp³-hybridized carbons (Fsp3) is 0.0952. The van der Waals surface area contributed by atoms with E-state index in [1.165, 1.54) is 24.3 Å². The van der Waals surface area contributed by atoms with Crippen molar-refractivity contribution in [1.29, 1.82) is 0 Å². The summed E-state index contributed by atoms with van der Waals surface area (Å²) in [4.78, 5) is 21.6. The zero-order valence-corrected chi connectivity index (χ0v) is 19.1. The van der Waals surface area contributed by atoms with Gasteiger partial charge < -0.3 is 19.7 Å². The van der Waals surface area contributed by atoms with Gasteiger partial charge in [0.25, 0.3) is 5.69 Å². The Hall–Kier alpha value is -3.11. The molecular formula is C21H15Br2NO7. The lowest BCUT2D eigenvalue weighted by Crippen LogP contribution is -2.00. The Morgan fingerprint density at radius 2 is 1.65 bits per heavy atom. The number of aromatic hydroxyl groups is 1. The highest BCUT2D eigenvalue weighted by Gasteiger charge is 2.16. The number of aryl methyl sites for hydroxylation is 1. The molecule has 0 aromatic heterocycles. The van der Waals surface area contributed by atoms with Gasteiger partial charge in [-0.1, -0.05) is 0 Å². The summed E-state index contributed by atoms with van der Waals surface area (Å²) in [5.41, 5.74) is 0.965. The molecule has 0 unspecified atom stereocenters. The fourth-order valence-corrected chi connectivity index (χ4v) is 4.16. The first-order valence-electron chi connectivity index (χ1n) is 8.77. The summed E-state index contributed by atoms with van der Waals surface area (Å²) in [6.45, 7) is 1.62. The first-order chi connectivity index (χ1) is 14.6. The van der Waals surface area contributed by atoms with Crippen molar-refractivity contribution in [3.63, 3.8) is 0 Å². The molecule has 2 N–H and O–H groups in total. The van der Waals surface area contributed by atoms with Crippen LogP contribution >= 0.6 is 31.9 Å². The number of carboxylic acids is 1. The van der Waals surface area contributed by atoms with Gasteiger partial charge in [0.05, 0.1) is 26.4 Å². The molecule has 3 rings (SSSR count). The van der Waals surface area contributed by atoms with E-state index in [2.05, 4.69) is 31.9 Å². The van der Waals surface area contributed by atoms with E-state index in [9.17, 15) is 20.0 Å². The van der Waals surface area contributed by atoms with Crippen LogP contribution in [0.25, 0.3) is 0 Å². The van der Waals surface area contributed by atoms with E-state index in [-0.39, 0.29) is 29.4 Å². The highest BCUT2D eigenvalue weighted by Crippen LogP contribution is 2.41. The maximum Gasteiger partial charge on any atom is 0.307 e. The second-order valence-corrected chi connectivity index (χ2v) is 8.21. The first-order valence-corrected chi connectivity index (χ1v) is 10.4. The summed E-state index contributed by atoms with van der Waals surface area (Å²) < 4.78 is 12.6. The molecule has 10 heteroatoms. The number of carboxylic acid groups (broad SMARTS) is 1. The Labute approximate surface area is 193 Å². The number of halogens is 2. The molecule has 3 aromatic carbocycles. The molecule has 0 heterocycles. The van der Waals surface area contributed by atoms with Gasteiger partial charge in [0.1, 0.15) is 11.5 Å². The van der Waals surface area contributed by atoms with E-state index in [4.69, 9.17) is 14.6 Å². The van der Waals surface area contributed by atoms with Crippen LogP contribution in [-0.4, -0.2) is 21.1 Å². The van der Waals surface area contributed by atoms with Crippen molar-refractivity contribution >= 4 is 43.5 Å². The number of aliphatic carboxylic acids is 1. The highest BCUT2D eigenvalue weighted by molar-refractivity contribution is 9.11. The summed E-state index contributed by atoms with van der Waals surface area (Å²) >= 11 is 6.74. The van der Waals surface area contributed by atoms with Crippen LogP contribution in [0.3, 0.4) is 0 Å². The average Bonchev–Trinajstić information content (AvgIpc) is 2.68. The molecular weight excluding hydrogens is 538 g/mol. The summed E-state index contributed by atoms with van der Waals surface area (Å²) in [6.07, 6.45) is -0.142. The number of nitro benzene ring substituents is 1. The molecule has 0 radical (unpaired) electrons. The molecule has 0 bridgehead atoms. The van der Waals surface area contributed by atoms with E-state index in [1.807, 2.05) is 0 Å². The minimum absolute atomic E-state index is 0.0467. The Kier molecular flexibility index (Phi) is 6.81. The van der Waals surface area contributed by atoms with Crippen molar-refractivity contribution in [3.8, 4) is 28.7 Å². The maximum atomic E-state index is 11.1. The molecule has 0 spiro atoms. The molecule has 0 aliphatic heterocycles. The zero-order valence-electron chi connectivity index (χ0n) is 16.0. The molecule has 0 fully saturated rings. The number of ether oxygens (including phenoxy) is 2. The van der Waals surface area contributed by atoms with Crippen LogP contribution in [0.4, 0.5) is 5.69 Å². The third kappa shape index (κ3) is 5.53. The van der Waals surface area contributed by atoms with Gasteiger partial charge in [0, 0.05) is 11.6 Å². The molecule has 0 saturated carbocycles. The van der Waals surface area contributed by atoms with E-state index in [0.717, 1.165) is 0 Å². The monoisotopic (exact) mass is 551 g/mol. The van der Waals surface area contributed by atoms with Gasteiger partial charge in [-0.2, -0.15) is 0 Å². The third-order valence-electron chi connectivity index (χ3n) is 4.17. The van der Waals surface area contributed by atoms with Crippen molar-refractivity contribution < 1.29 is 29.4 Å². The number of benzene rings is 3. The number of phenolic OH excluding ortho intramolecular Hbond substituents is 1. The fourth-order valence-electron chi connectivity index (χ4n) is 2.72. The van der Waals surface area contributed by atoms with Gasteiger partial charge in [0.15, 0.2) is 17.2 Å². The normalized spacial score (nSPS) is 10.5. The Balaban J connectivity index is 1.88. The first kappa shape index (κ1) is 22.6. The predicted molar refractivity (Wildman–Crippen MR) is 119 cm³/mol. The second-order valence-electron chi connectivity index (χ2n) is 6.50. The summed E-state index contributed by atoms with van der Waals surface area (Å²) in [5.74, 6) is -0.177. The van der Waals surface area contributed by atoms with Gasteiger partial charge in [-0.15, -0.1) is 0 Å². The van der Waals surface area contributed by atoms with E-state index in [0.29, 0.717) is 31.6 Å². The van der Waals surface area contributed by atoms with Crippen LogP contribution in [-0.2, 0) is 11.2 Å². The van der Waals surface area contributed by atoms with Crippen LogP contribution in [0.5, 0.6) is 28.7 Å². The molecule has 0 aliphatic rings. The third-order valence-corrected chi connectivity index (χ3v) is 5.35. The van der Waals surface area contributed by atoms with E-state index < -0.39 is 10.9 Å². The minimum Gasteiger partial charge on any atom is -0.504 e. The summed E-state index contributed by atoms with van der Waals surface area (Å²) in [5, 5.41) is 30.2. The lowest BCUT2D eigenvalue weighted by atomic mass is 10.1. The van der Waals surface area contributed by atoms with Crippen LogP contribution in [0.1, 0.15) is 11.1 Å². The number of hydrogen-bond acceptors (Lipinski definition) is 6. The zero-order chi connectivity index (χ0) is 22.7. The second kappa shape index (κ2) is 9.36. The van der Waals surface area contributed by atoms with Crippen LogP contribution in [0.2, 0.25) is 0 Å². The Morgan fingerprint density at radius 3 is 2.26 bits per heavy atom. The van der Waals surface area contributed by atoms with E-state index >= 15 is 0 Å². The quantitative estimate of drug-likeness (QED) is 0.259. The smallest absolute Gasteiger partial charge is 0.307 e. The highest BCUT2D eigenvalue weighted by atomic mass is 79.9. The molecule has 0 amide bonds. The van der Waals surface area contributed by atoms with Gasteiger partial charge in [-0.05, 0) is 80.7 Å². The number of hydrogen-bond donors (Lipinski definition) is 2. The van der Waals surface area contributed by atoms with Crippen molar-refractivity contribution in [3.05, 3.63) is 78.7 Å². The molecule has 160 valence electrons. The molecule has 31 heavy (non-hydrogen) atoms. The molecule has 0 saturated heterocycles. The van der Waals surface area contributed by atoms with Gasteiger partial charge in [-0.3, -0.25) is 14.9 Å².